The summed E-state index contributed by atoms with van der Waals surface area (Å²) in [6.45, 7) is 15.7. The highest BCUT2D eigenvalue weighted by Crippen LogP contribution is 2.61. The van der Waals surface area contributed by atoms with Crippen molar-refractivity contribution in [2.75, 3.05) is 0 Å². The van der Waals surface area contributed by atoms with Crippen LogP contribution in [0.15, 0.2) is 69.9 Å². The van der Waals surface area contributed by atoms with Crippen molar-refractivity contribution in [1.82, 2.24) is 0 Å². The molecule has 2 N–H and O–H groups in total. The van der Waals surface area contributed by atoms with Crippen molar-refractivity contribution in [2.45, 2.75) is 92.0 Å². The van der Waals surface area contributed by atoms with Gasteiger partial charge in [0.05, 0.1) is 5.41 Å². The molecule has 29 heavy (non-hydrogen) atoms. The van der Waals surface area contributed by atoms with Gasteiger partial charge in [0.15, 0.2) is 0 Å². The molecule has 0 radical (unpaired) electrons. The first-order chi connectivity index (χ1) is 13.9. The van der Waals surface area contributed by atoms with Crippen molar-refractivity contribution in [2.24, 2.45) is 17.1 Å². The average Bonchev–Trinajstić information content (AvgIpc) is 3.18. The van der Waals surface area contributed by atoms with E-state index in [2.05, 4.69) is 65.5 Å². The van der Waals surface area contributed by atoms with Crippen molar-refractivity contribution in [3.05, 3.63) is 69.9 Å². The SMILES string of the molecule is C=CC1=C2C(C)=CC(=C2CC)C1(C1=CCC(C)C(C)=C1)C(N)CCCCCCC. The van der Waals surface area contributed by atoms with Gasteiger partial charge < -0.3 is 5.73 Å². The lowest BCUT2D eigenvalue weighted by Gasteiger charge is -2.44. The Hall–Kier alpha value is -1.60. The smallest absolute Gasteiger partial charge is 0.0607 e. The summed E-state index contributed by atoms with van der Waals surface area (Å²) in [5, 5.41) is 0. The molecule has 3 rings (SSSR count). The molecule has 3 aliphatic rings. The van der Waals surface area contributed by atoms with Crippen molar-refractivity contribution in [3.63, 3.8) is 0 Å². The number of fused-ring (bicyclic) bond motifs is 1. The molecule has 0 saturated carbocycles. The standard InChI is InChI=1S/C28H41N/c1-7-10-11-12-13-14-26(29)28(22-16-15-19(4)20(5)17-22)24(9-3)27-21(6)18-25(28)23(27)8-2/h9,16-19,26H,3,7-8,10-15,29H2,1-2,4-6H3. The Labute approximate surface area is 179 Å². The third-order valence-corrected chi connectivity index (χ3v) is 7.54. The number of rotatable bonds is 10. The van der Waals surface area contributed by atoms with E-state index in [1.807, 2.05) is 0 Å². The van der Waals surface area contributed by atoms with Gasteiger partial charge in [0.25, 0.3) is 0 Å². The lowest BCUT2D eigenvalue weighted by atomic mass is 9.61. The summed E-state index contributed by atoms with van der Waals surface area (Å²) in [6.07, 6.45) is 19.2. The fourth-order valence-electron chi connectivity index (χ4n) is 5.77. The van der Waals surface area contributed by atoms with Crippen LogP contribution in [0.4, 0.5) is 0 Å². The second-order valence-corrected chi connectivity index (χ2v) is 9.37. The average molecular weight is 392 g/mol. The van der Waals surface area contributed by atoms with E-state index < -0.39 is 0 Å². The second kappa shape index (κ2) is 9.04. The summed E-state index contributed by atoms with van der Waals surface area (Å²) >= 11 is 0. The van der Waals surface area contributed by atoms with Crippen LogP contribution < -0.4 is 5.73 Å². The Morgan fingerprint density at radius 3 is 2.52 bits per heavy atom. The predicted molar refractivity (Wildman–Crippen MR) is 128 cm³/mol. The first kappa shape index (κ1) is 22.1. The minimum Gasteiger partial charge on any atom is -0.326 e. The highest BCUT2D eigenvalue weighted by atomic mass is 14.7. The maximum Gasteiger partial charge on any atom is 0.0607 e. The summed E-state index contributed by atoms with van der Waals surface area (Å²) in [7, 11) is 0. The zero-order valence-electron chi connectivity index (χ0n) is 19.4. The van der Waals surface area contributed by atoms with Crippen LogP contribution in [0.3, 0.4) is 0 Å². The Kier molecular flexibility index (Phi) is 6.89. The summed E-state index contributed by atoms with van der Waals surface area (Å²) in [6, 6.07) is 0.0965. The van der Waals surface area contributed by atoms with E-state index in [4.69, 9.17) is 5.73 Å². The van der Waals surface area contributed by atoms with E-state index in [9.17, 15) is 0 Å². The van der Waals surface area contributed by atoms with Gasteiger partial charge in [-0.25, -0.2) is 0 Å². The van der Waals surface area contributed by atoms with Crippen LogP contribution in [0.1, 0.15) is 86.0 Å². The predicted octanol–water partition coefficient (Wildman–Crippen LogP) is 7.74. The first-order valence-electron chi connectivity index (χ1n) is 11.9. The van der Waals surface area contributed by atoms with Gasteiger partial charge in [-0.1, -0.05) is 89.3 Å². The zero-order chi connectivity index (χ0) is 21.2. The number of hydrogen-bond acceptors (Lipinski definition) is 1. The quantitative estimate of drug-likeness (QED) is 0.379. The van der Waals surface area contributed by atoms with E-state index in [1.54, 1.807) is 0 Å². The van der Waals surface area contributed by atoms with Crippen LogP contribution in [-0.4, -0.2) is 6.04 Å². The van der Waals surface area contributed by atoms with Crippen LogP contribution in [-0.2, 0) is 0 Å². The van der Waals surface area contributed by atoms with Gasteiger partial charge in [-0.2, -0.15) is 0 Å². The van der Waals surface area contributed by atoms with Crippen LogP contribution in [0, 0.1) is 11.3 Å². The third kappa shape index (κ3) is 3.56. The summed E-state index contributed by atoms with van der Waals surface area (Å²) in [4.78, 5) is 0. The molecule has 0 aromatic rings. The number of unbranched alkanes of at least 4 members (excludes halogenated alkanes) is 4. The van der Waals surface area contributed by atoms with Gasteiger partial charge in [-0.3, -0.25) is 0 Å². The Morgan fingerprint density at radius 1 is 1.17 bits per heavy atom. The zero-order valence-corrected chi connectivity index (χ0v) is 19.4. The number of nitrogens with two attached hydrogens (primary N) is 1. The van der Waals surface area contributed by atoms with Crippen LogP contribution in [0.2, 0.25) is 0 Å². The van der Waals surface area contributed by atoms with Crippen molar-refractivity contribution >= 4 is 0 Å². The summed E-state index contributed by atoms with van der Waals surface area (Å²) < 4.78 is 0. The molecule has 0 heterocycles. The van der Waals surface area contributed by atoms with E-state index in [0.29, 0.717) is 5.92 Å². The maximum atomic E-state index is 7.14. The highest BCUT2D eigenvalue weighted by molar-refractivity contribution is 5.77. The van der Waals surface area contributed by atoms with Crippen molar-refractivity contribution in [3.8, 4) is 0 Å². The van der Waals surface area contributed by atoms with Gasteiger partial charge in [0.2, 0.25) is 0 Å². The van der Waals surface area contributed by atoms with Crippen LogP contribution in [0.25, 0.3) is 0 Å². The fourth-order valence-corrected chi connectivity index (χ4v) is 5.77. The summed E-state index contributed by atoms with van der Waals surface area (Å²) in [5.41, 5.74) is 17.0. The molecule has 0 aliphatic heterocycles. The molecule has 0 saturated heterocycles. The monoisotopic (exact) mass is 391 g/mol. The van der Waals surface area contributed by atoms with E-state index in [0.717, 1.165) is 19.3 Å². The van der Waals surface area contributed by atoms with Crippen molar-refractivity contribution in [1.29, 1.82) is 0 Å². The molecule has 3 atom stereocenters. The van der Waals surface area contributed by atoms with E-state index >= 15 is 0 Å². The van der Waals surface area contributed by atoms with E-state index in [1.165, 1.54) is 71.1 Å². The van der Waals surface area contributed by atoms with Crippen molar-refractivity contribution < 1.29 is 0 Å². The fraction of sp³-hybridized carbons (Fsp3) is 0.571. The second-order valence-electron chi connectivity index (χ2n) is 9.37. The first-order valence-corrected chi connectivity index (χ1v) is 11.9. The molecular formula is C28H41N. The Morgan fingerprint density at radius 2 is 1.90 bits per heavy atom. The van der Waals surface area contributed by atoms with E-state index in [-0.39, 0.29) is 11.5 Å². The molecule has 1 nitrogen and oxygen atoms in total. The molecule has 3 aliphatic carbocycles. The van der Waals surface area contributed by atoms with Gasteiger partial charge in [0.1, 0.15) is 0 Å². The van der Waals surface area contributed by atoms with Gasteiger partial charge in [-0.05, 0) is 72.5 Å². The lowest BCUT2D eigenvalue weighted by molar-refractivity contribution is 0.383. The topological polar surface area (TPSA) is 26.0 Å². The molecule has 1 heteroatoms. The minimum absolute atomic E-state index is 0.0965. The van der Waals surface area contributed by atoms with Gasteiger partial charge in [-0.15, -0.1) is 0 Å². The Bertz CT molecular complexity index is 813. The molecule has 0 fully saturated rings. The highest BCUT2D eigenvalue weighted by Gasteiger charge is 2.52. The molecular weight excluding hydrogens is 350 g/mol. The van der Waals surface area contributed by atoms with Gasteiger partial charge in [0, 0.05) is 6.04 Å². The summed E-state index contributed by atoms with van der Waals surface area (Å²) in [5.74, 6) is 0.622. The molecule has 0 aromatic heterocycles. The normalized spacial score (nSPS) is 27.2. The van der Waals surface area contributed by atoms with Crippen LogP contribution in [0.5, 0.6) is 0 Å². The molecule has 158 valence electrons. The number of hydrogen-bond donors (Lipinski definition) is 1. The Balaban J connectivity index is 2.04. The van der Waals surface area contributed by atoms with Crippen LogP contribution >= 0.6 is 0 Å². The molecule has 0 amide bonds. The number of allylic oxidation sites excluding steroid dienone is 8. The largest absolute Gasteiger partial charge is 0.326 e. The molecule has 2 bridgehead atoms. The van der Waals surface area contributed by atoms with Gasteiger partial charge >= 0.3 is 0 Å². The molecule has 0 spiro atoms. The third-order valence-electron chi connectivity index (χ3n) is 7.54. The molecule has 3 unspecified atom stereocenters. The maximum absolute atomic E-state index is 7.14. The molecule has 0 aromatic carbocycles. The lowest BCUT2D eigenvalue weighted by Crippen LogP contribution is -2.45. The minimum atomic E-state index is -0.200.